The molecule has 4 rings (SSSR count). The van der Waals surface area contributed by atoms with Crippen LogP contribution in [0.3, 0.4) is 0 Å². The number of alkyl halides is 1. The molecule has 0 radical (unpaired) electrons. The number of sulfonamides is 1. The third kappa shape index (κ3) is 3.75. The van der Waals surface area contributed by atoms with Gasteiger partial charge in [-0.3, -0.25) is 14.2 Å². The zero-order valence-electron chi connectivity index (χ0n) is 14.9. The molecule has 29 heavy (non-hydrogen) atoms. The van der Waals surface area contributed by atoms with Gasteiger partial charge in [0, 0.05) is 22.5 Å². The van der Waals surface area contributed by atoms with Crippen LogP contribution in [0.15, 0.2) is 42.7 Å². The minimum atomic E-state index is -3.80. The van der Waals surface area contributed by atoms with E-state index in [0.717, 1.165) is 22.2 Å². The summed E-state index contributed by atoms with van der Waals surface area (Å²) < 4.78 is 53.4. The molecule has 4 aromatic rings. The van der Waals surface area contributed by atoms with Crippen molar-refractivity contribution in [1.82, 2.24) is 15.2 Å². The fourth-order valence-corrected chi connectivity index (χ4v) is 4.60. The molecule has 0 aliphatic rings. The van der Waals surface area contributed by atoms with Crippen molar-refractivity contribution in [3.63, 3.8) is 0 Å². The molecule has 10 heteroatoms. The quantitative estimate of drug-likeness (QED) is 0.459. The lowest BCUT2D eigenvalue weighted by Gasteiger charge is -2.14. The molecular formula is C19H15ClF2N4O2S. The molecule has 0 unspecified atom stereocenters. The Morgan fingerprint density at radius 3 is 2.76 bits per heavy atom. The number of aromatic nitrogens is 3. The third-order valence-corrected chi connectivity index (χ3v) is 6.24. The maximum atomic E-state index is 14.6. The summed E-state index contributed by atoms with van der Waals surface area (Å²) in [6.45, 7) is -0.752. The van der Waals surface area contributed by atoms with Crippen LogP contribution in [0.1, 0.15) is 6.42 Å². The van der Waals surface area contributed by atoms with E-state index in [1.54, 1.807) is 30.6 Å². The van der Waals surface area contributed by atoms with Gasteiger partial charge in [0.15, 0.2) is 5.65 Å². The molecule has 0 amide bonds. The predicted molar refractivity (Wildman–Crippen MR) is 110 cm³/mol. The molecule has 0 aliphatic carbocycles. The van der Waals surface area contributed by atoms with Gasteiger partial charge < -0.3 is 0 Å². The summed E-state index contributed by atoms with van der Waals surface area (Å²) in [5, 5.41) is 9.14. The largest absolute Gasteiger partial charge is 0.282 e. The number of rotatable bonds is 6. The average molecular weight is 437 g/mol. The molecule has 2 N–H and O–H groups in total. The minimum Gasteiger partial charge on any atom is -0.282 e. The van der Waals surface area contributed by atoms with Crippen molar-refractivity contribution < 1.29 is 17.2 Å². The van der Waals surface area contributed by atoms with Crippen LogP contribution < -0.4 is 4.72 Å². The van der Waals surface area contributed by atoms with E-state index in [-0.39, 0.29) is 22.7 Å². The molecule has 2 aromatic heterocycles. The fraction of sp³-hybridized carbons (Fsp3) is 0.158. The van der Waals surface area contributed by atoms with Crippen LogP contribution in [0.2, 0.25) is 5.02 Å². The van der Waals surface area contributed by atoms with E-state index in [4.69, 9.17) is 11.6 Å². The van der Waals surface area contributed by atoms with Gasteiger partial charge in [0.2, 0.25) is 10.0 Å². The van der Waals surface area contributed by atoms with Crippen LogP contribution in [-0.4, -0.2) is 36.0 Å². The molecule has 0 aliphatic heterocycles. The summed E-state index contributed by atoms with van der Waals surface area (Å²) in [7, 11) is -3.80. The Bertz CT molecular complexity index is 1320. The van der Waals surface area contributed by atoms with Crippen molar-refractivity contribution in [1.29, 1.82) is 0 Å². The van der Waals surface area contributed by atoms with E-state index in [2.05, 4.69) is 19.9 Å². The van der Waals surface area contributed by atoms with Gasteiger partial charge in [0.1, 0.15) is 5.82 Å². The zero-order chi connectivity index (χ0) is 20.6. The van der Waals surface area contributed by atoms with Gasteiger partial charge in [-0.2, -0.15) is 5.10 Å². The number of hydrogen-bond acceptors (Lipinski definition) is 4. The van der Waals surface area contributed by atoms with Crippen LogP contribution in [0, 0.1) is 5.82 Å². The normalized spacial score (nSPS) is 12.0. The number of nitrogens with zero attached hydrogens (tertiary/aromatic N) is 2. The molecule has 0 spiro atoms. The van der Waals surface area contributed by atoms with Gasteiger partial charge in [0.05, 0.1) is 29.3 Å². The third-order valence-electron chi connectivity index (χ3n) is 4.49. The number of pyridine rings is 1. The van der Waals surface area contributed by atoms with Crippen molar-refractivity contribution in [2.45, 2.75) is 6.42 Å². The van der Waals surface area contributed by atoms with Gasteiger partial charge in [0.25, 0.3) is 0 Å². The van der Waals surface area contributed by atoms with Crippen LogP contribution in [0.4, 0.5) is 14.5 Å². The summed E-state index contributed by atoms with van der Waals surface area (Å²) in [6.07, 6.45) is 3.15. The Hall–Kier alpha value is -2.78. The fourth-order valence-electron chi connectivity index (χ4n) is 3.14. The summed E-state index contributed by atoms with van der Waals surface area (Å²) in [4.78, 5) is 4.28. The van der Waals surface area contributed by atoms with Crippen LogP contribution in [0.5, 0.6) is 0 Å². The summed E-state index contributed by atoms with van der Waals surface area (Å²) >= 11 is 6.35. The molecule has 0 atom stereocenters. The first kappa shape index (κ1) is 19.5. The van der Waals surface area contributed by atoms with Crippen molar-refractivity contribution in [2.75, 3.05) is 17.1 Å². The van der Waals surface area contributed by atoms with E-state index in [9.17, 15) is 17.2 Å². The lowest BCUT2D eigenvalue weighted by molar-refractivity contribution is 0.484. The number of anilines is 1. The Kier molecular flexibility index (Phi) is 5.10. The monoisotopic (exact) mass is 436 g/mol. The topological polar surface area (TPSA) is 87.7 Å². The first-order valence-corrected chi connectivity index (χ1v) is 10.7. The Morgan fingerprint density at radius 1 is 1.14 bits per heavy atom. The highest BCUT2D eigenvalue weighted by Gasteiger charge is 2.18. The van der Waals surface area contributed by atoms with Gasteiger partial charge >= 0.3 is 0 Å². The van der Waals surface area contributed by atoms with Gasteiger partial charge in [-0.25, -0.2) is 17.8 Å². The minimum absolute atomic E-state index is 0.0328. The van der Waals surface area contributed by atoms with E-state index in [1.807, 2.05) is 0 Å². The standard InChI is InChI=1S/C19H15ClF2N4O2S/c20-18-16(26-29(27,28)7-1-6-21)5-4-15(22)17(18)11-2-3-13-12(8-11)9-23-19-14(13)10-24-25-19/h2-5,8-10,26H,1,6-7H2,(H,23,24,25). The predicted octanol–water partition coefficient (Wildman–Crippen LogP) is 4.67. The number of H-pyrrole nitrogens is 1. The highest BCUT2D eigenvalue weighted by atomic mass is 35.5. The van der Waals surface area contributed by atoms with Crippen molar-refractivity contribution in [3.05, 3.63) is 53.6 Å². The maximum Gasteiger partial charge on any atom is 0.232 e. The molecule has 6 nitrogen and oxygen atoms in total. The van der Waals surface area contributed by atoms with E-state index < -0.39 is 28.3 Å². The molecule has 2 heterocycles. The van der Waals surface area contributed by atoms with E-state index >= 15 is 0 Å². The second-order valence-corrected chi connectivity index (χ2v) is 8.66. The second kappa shape index (κ2) is 7.57. The van der Waals surface area contributed by atoms with E-state index in [0.29, 0.717) is 11.2 Å². The zero-order valence-corrected chi connectivity index (χ0v) is 16.5. The van der Waals surface area contributed by atoms with Crippen molar-refractivity contribution in [2.24, 2.45) is 0 Å². The highest BCUT2D eigenvalue weighted by molar-refractivity contribution is 7.92. The average Bonchev–Trinajstić information content (AvgIpc) is 3.18. The molecule has 150 valence electrons. The van der Waals surface area contributed by atoms with Crippen LogP contribution in [0.25, 0.3) is 32.9 Å². The van der Waals surface area contributed by atoms with Crippen LogP contribution in [-0.2, 0) is 10.0 Å². The summed E-state index contributed by atoms with van der Waals surface area (Å²) in [5.41, 5.74) is 1.20. The molecule has 0 fully saturated rings. The van der Waals surface area contributed by atoms with Crippen LogP contribution >= 0.6 is 11.6 Å². The lowest BCUT2D eigenvalue weighted by atomic mass is 10.00. The molecule has 0 saturated carbocycles. The smallest absolute Gasteiger partial charge is 0.232 e. The molecular weight excluding hydrogens is 422 g/mol. The maximum absolute atomic E-state index is 14.6. The number of nitrogens with one attached hydrogen (secondary N) is 2. The SMILES string of the molecule is O=S(=O)(CCCF)Nc1ccc(F)c(-c2ccc3c(cnc4[nH]ncc43)c2)c1Cl. The first-order chi connectivity index (χ1) is 13.9. The Labute approximate surface area is 170 Å². The molecule has 0 saturated heterocycles. The summed E-state index contributed by atoms with van der Waals surface area (Å²) in [5.74, 6) is -0.993. The number of fused-ring (bicyclic) bond motifs is 3. The Morgan fingerprint density at radius 2 is 1.97 bits per heavy atom. The van der Waals surface area contributed by atoms with Gasteiger partial charge in [-0.05, 0) is 35.6 Å². The number of halogens is 3. The summed E-state index contributed by atoms with van der Waals surface area (Å²) in [6, 6.07) is 7.60. The highest BCUT2D eigenvalue weighted by Crippen LogP contribution is 2.38. The van der Waals surface area contributed by atoms with Gasteiger partial charge in [-0.15, -0.1) is 0 Å². The lowest BCUT2D eigenvalue weighted by Crippen LogP contribution is -2.17. The molecule has 2 aromatic carbocycles. The number of benzene rings is 2. The van der Waals surface area contributed by atoms with Crippen molar-refractivity contribution in [3.8, 4) is 11.1 Å². The van der Waals surface area contributed by atoms with Gasteiger partial charge in [-0.1, -0.05) is 23.7 Å². The second-order valence-electron chi connectivity index (χ2n) is 6.44. The molecule has 0 bridgehead atoms. The Balaban J connectivity index is 1.79. The number of aromatic amines is 1. The number of hydrogen-bond donors (Lipinski definition) is 2. The van der Waals surface area contributed by atoms with E-state index in [1.165, 1.54) is 6.07 Å². The van der Waals surface area contributed by atoms with Crippen molar-refractivity contribution >= 4 is 49.1 Å². The first-order valence-electron chi connectivity index (χ1n) is 8.66.